The molecule has 27 heavy (non-hydrogen) atoms. The predicted octanol–water partition coefficient (Wildman–Crippen LogP) is 4.49. The van der Waals surface area contributed by atoms with E-state index in [0.29, 0.717) is 30.7 Å². The van der Waals surface area contributed by atoms with Gasteiger partial charge < -0.3 is 10.4 Å². The number of nitrogens with one attached hydrogen (secondary N) is 1. The van der Waals surface area contributed by atoms with Crippen LogP contribution in [-0.2, 0) is 0 Å². The molecular weight excluding hydrogens is 371 g/mol. The number of hydrogen-bond acceptors (Lipinski definition) is 4. The first-order valence-electron chi connectivity index (χ1n) is 9.01. The molecule has 8 heteroatoms. The number of amides is 1. The topological polar surface area (TPSA) is 75.1 Å². The number of carboxylic acid groups (broad SMARTS) is 1. The summed E-state index contributed by atoms with van der Waals surface area (Å²) >= 11 is 6.06. The van der Waals surface area contributed by atoms with Gasteiger partial charge in [-0.3, -0.25) is 4.98 Å². The van der Waals surface area contributed by atoms with E-state index in [1.54, 1.807) is 18.3 Å². The summed E-state index contributed by atoms with van der Waals surface area (Å²) in [5.41, 5.74) is -1.60. The van der Waals surface area contributed by atoms with Crippen molar-refractivity contribution in [3.8, 4) is 0 Å². The van der Waals surface area contributed by atoms with Crippen LogP contribution < -0.4 is 5.32 Å². The van der Waals surface area contributed by atoms with Crippen LogP contribution in [0.25, 0.3) is 10.9 Å². The Morgan fingerprint density at radius 2 is 2.22 bits per heavy atom. The molecule has 0 bridgehead atoms. The maximum Gasteiger partial charge on any atom is 0.514 e. The number of aromatic nitrogens is 2. The largest absolute Gasteiger partial charge is 0.514 e. The van der Waals surface area contributed by atoms with Crippen molar-refractivity contribution in [3.63, 3.8) is 0 Å². The summed E-state index contributed by atoms with van der Waals surface area (Å²) in [6, 6.07) is 5.27. The van der Waals surface area contributed by atoms with Gasteiger partial charge in [0, 0.05) is 24.1 Å². The number of anilines is 1. The fourth-order valence-corrected chi connectivity index (χ4v) is 4.08. The highest BCUT2D eigenvalue weighted by atomic mass is 35.5. The highest BCUT2D eigenvalue weighted by molar-refractivity contribution is 6.30. The summed E-state index contributed by atoms with van der Waals surface area (Å²) in [6.45, 7) is 5.84. The number of alkyl halides is 1. The van der Waals surface area contributed by atoms with Crippen molar-refractivity contribution < 1.29 is 18.8 Å². The van der Waals surface area contributed by atoms with Gasteiger partial charge in [-0.1, -0.05) is 11.6 Å². The van der Waals surface area contributed by atoms with Gasteiger partial charge in [-0.05, 0) is 39.3 Å². The molecule has 6 nitrogen and oxygen atoms in total. The molecule has 2 aromatic rings. The van der Waals surface area contributed by atoms with Crippen molar-refractivity contribution in [3.05, 3.63) is 29.5 Å². The van der Waals surface area contributed by atoms with Crippen molar-refractivity contribution >= 4 is 34.4 Å². The Kier molecular flexibility index (Phi) is 5.03. The Hall–Kier alpha value is -1.99. The SMILES string of the molecule is CC(C)(C)[N+]1(C(=O)O)CCC[C@@](F)(CNc2nc(Cl)cc3ncccc23)C1. The summed E-state index contributed by atoms with van der Waals surface area (Å²) < 4.78 is 15.4. The Bertz CT molecular complexity index is 872. The summed E-state index contributed by atoms with van der Waals surface area (Å²) in [5.74, 6) is 0.456. The molecule has 0 spiro atoms. The molecule has 1 amide bonds. The molecule has 1 fully saturated rings. The fourth-order valence-electron chi connectivity index (χ4n) is 3.90. The molecule has 1 aliphatic rings. The van der Waals surface area contributed by atoms with Crippen LogP contribution in [0.4, 0.5) is 15.0 Å². The monoisotopic (exact) mass is 395 g/mol. The average molecular weight is 396 g/mol. The van der Waals surface area contributed by atoms with Crippen molar-refractivity contribution in [1.29, 1.82) is 0 Å². The van der Waals surface area contributed by atoms with Gasteiger partial charge >= 0.3 is 6.09 Å². The molecule has 2 atom stereocenters. The zero-order valence-corrected chi connectivity index (χ0v) is 16.6. The first-order chi connectivity index (χ1) is 12.6. The van der Waals surface area contributed by atoms with Gasteiger partial charge in [0.2, 0.25) is 0 Å². The highest BCUT2D eigenvalue weighted by Crippen LogP contribution is 2.37. The van der Waals surface area contributed by atoms with E-state index in [-0.39, 0.29) is 22.7 Å². The number of pyridine rings is 2. The molecule has 2 N–H and O–H groups in total. The normalized spacial score (nSPS) is 26.1. The van der Waals surface area contributed by atoms with Crippen LogP contribution in [0.1, 0.15) is 33.6 Å². The number of quaternary nitrogens is 1. The number of likely N-dealkylation sites (tertiary alicyclic amines) is 1. The summed E-state index contributed by atoms with van der Waals surface area (Å²) in [7, 11) is 0. The summed E-state index contributed by atoms with van der Waals surface area (Å²) in [4.78, 5) is 20.6. The predicted molar refractivity (Wildman–Crippen MR) is 104 cm³/mol. The van der Waals surface area contributed by atoms with E-state index in [0.717, 1.165) is 5.39 Å². The minimum Gasteiger partial charge on any atom is -0.435 e. The second-order valence-corrected chi connectivity index (χ2v) is 8.66. The average Bonchev–Trinajstić information content (AvgIpc) is 2.58. The Balaban J connectivity index is 1.87. The third kappa shape index (κ3) is 3.71. The number of carbonyl (C=O) groups is 1. The first kappa shape index (κ1) is 19.8. The molecule has 1 unspecified atom stereocenters. The Morgan fingerprint density at radius 1 is 1.48 bits per heavy atom. The summed E-state index contributed by atoms with van der Waals surface area (Å²) in [5, 5.41) is 13.9. The van der Waals surface area contributed by atoms with Gasteiger partial charge in [-0.15, -0.1) is 0 Å². The molecule has 3 heterocycles. The molecule has 1 aliphatic heterocycles. The highest BCUT2D eigenvalue weighted by Gasteiger charge is 2.56. The molecule has 3 rings (SSSR count). The van der Waals surface area contributed by atoms with E-state index < -0.39 is 17.3 Å². The molecule has 1 saturated heterocycles. The van der Waals surface area contributed by atoms with Gasteiger partial charge in [-0.2, -0.15) is 4.79 Å². The van der Waals surface area contributed by atoms with Gasteiger partial charge in [0.05, 0.1) is 18.6 Å². The lowest BCUT2D eigenvalue weighted by molar-refractivity contribution is -0.913. The minimum atomic E-state index is -1.66. The number of hydrogen-bond donors (Lipinski definition) is 2. The van der Waals surface area contributed by atoms with E-state index >= 15 is 4.39 Å². The second-order valence-electron chi connectivity index (χ2n) is 8.27. The zero-order chi connectivity index (χ0) is 19.9. The Morgan fingerprint density at radius 3 is 2.89 bits per heavy atom. The molecular formula is C19H25ClFN4O2+. The third-order valence-corrected chi connectivity index (χ3v) is 5.70. The molecule has 0 radical (unpaired) electrons. The molecule has 2 aromatic heterocycles. The lowest BCUT2D eigenvalue weighted by atomic mass is 9.87. The van der Waals surface area contributed by atoms with E-state index in [2.05, 4.69) is 15.3 Å². The Labute approximate surface area is 163 Å². The quantitative estimate of drug-likeness (QED) is 0.591. The lowest BCUT2D eigenvalue weighted by Gasteiger charge is -2.49. The maximum absolute atomic E-state index is 15.7. The number of rotatable bonds is 3. The third-order valence-electron chi connectivity index (χ3n) is 5.51. The van der Waals surface area contributed by atoms with E-state index in [9.17, 15) is 9.90 Å². The zero-order valence-electron chi connectivity index (χ0n) is 15.8. The van der Waals surface area contributed by atoms with Crippen LogP contribution in [0.15, 0.2) is 24.4 Å². The van der Waals surface area contributed by atoms with Crippen LogP contribution in [0.3, 0.4) is 0 Å². The number of fused-ring (bicyclic) bond motifs is 1. The van der Waals surface area contributed by atoms with Crippen molar-refractivity contribution in [2.24, 2.45) is 0 Å². The number of halogens is 2. The molecule has 146 valence electrons. The van der Waals surface area contributed by atoms with Crippen LogP contribution in [0, 0.1) is 0 Å². The van der Waals surface area contributed by atoms with Crippen LogP contribution in [-0.4, -0.2) is 56.5 Å². The minimum absolute atomic E-state index is 0.0340. The van der Waals surface area contributed by atoms with Gasteiger partial charge in [0.1, 0.15) is 23.1 Å². The van der Waals surface area contributed by atoms with Crippen LogP contribution in [0.5, 0.6) is 0 Å². The lowest BCUT2D eigenvalue weighted by Crippen LogP contribution is -2.70. The van der Waals surface area contributed by atoms with Crippen molar-refractivity contribution in [1.82, 2.24) is 9.97 Å². The van der Waals surface area contributed by atoms with Gasteiger partial charge in [0.15, 0.2) is 5.67 Å². The van der Waals surface area contributed by atoms with E-state index in [1.807, 2.05) is 26.8 Å². The van der Waals surface area contributed by atoms with Crippen molar-refractivity contribution in [2.45, 2.75) is 44.8 Å². The molecule has 0 aliphatic carbocycles. The van der Waals surface area contributed by atoms with E-state index in [4.69, 9.17) is 11.6 Å². The van der Waals surface area contributed by atoms with Gasteiger partial charge in [-0.25, -0.2) is 13.9 Å². The van der Waals surface area contributed by atoms with Crippen LogP contribution in [0.2, 0.25) is 5.15 Å². The van der Waals surface area contributed by atoms with Gasteiger partial charge in [0.25, 0.3) is 0 Å². The fraction of sp³-hybridized carbons (Fsp3) is 0.526. The van der Waals surface area contributed by atoms with Crippen molar-refractivity contribution in [2.75, 3.05) is 25.0 Å². The maximum atomic E-state index is 15.7. The number of nitrogens with zero attached hydrogens (tertiary/aromatic N) is 3. The van der Waals surface area contributed by atoms with Crippen LogP contribution >= 0.6 is 11.6 Å². The molecule has 0 saturated carbocycles. The number of piperidine rings is 1. The van der Waals surface area contributed by atoms with E-state index in [1.165, 1.54) is 0 Å². The molecule has 0 aromatic carbocycles. The second kappa shape index (κ2) is 6.87. The smallest absolute Gasteiger partial charge is 0.435 e. The summed E-state index contributed by atoms with van der Waals surface area (Å²) in [6.07, 6.45) is 1.48. The standard InChI is InChI=1S/C19H24ClFN4O2/c1-18(2,3)25(17(26)27)9-5-7-19(21,12-25)11-23-16-13-6-4-8-22-14(13)10-15(20)24-16/h4,6,8,10H,5,7,9,11-12H2,1-3H3,(H-,22,23,24,26,27)/p+1/t19-,25?/m1/s1. The first-order valence-corrected chi connectivity index (χ1v) is 9.39.